The molecule has 4 aliphatic heterocycles. The monoisotopic (exact) mass is 1080 g/mol. The number of nitrogens with one attached hydrogen (secondary N) is 2. The average Bonchev–Trinajstić information content (AvgIpc) is 3.67. The van der Waals surface area contributed by atoms with Gasteiger partial charge in [0.25, 0.3) is 0 Å². The van der Waals surface area contributed by atoms with Crippen LogP contribution in [-0.4, -0.2) is 186 Å². The first-order valence-electron chi connectivity index (χ1n) is 26.9. The minimum atomic E-state index is -1.53. The van der Waals surface area contributed by atoms with Crippen molar-refractivity contribution in [3.63, 3.8) is 0 Å². The third-order valence-corrected chi connectivity index (χ3v) is 16.3. The van der Waals surface area contributed by atoms with Crippen LogP contribution in [0.4, 0.5) is 15.0 Å². The minimum Gasteiger partial charge on any atom is -0.477 e. The Bertz CT molecular complexity index is 2440. The van der Waals surface area contributed by atoms with E-state index in [9.17, 15) is 34.2 Å². The zero-order valence-corrected chi connectivity index (χ0v) is 47.2. The van der Waals surface area contributed by atoms with E-state index < -0.39 is 118 Å². The van der Waals surface area contributed by atoms with Gasteiger partial charge >= 0.3 is 18.0 Å². The van der Waals surface area contributed by atoms with Crippen LogP contribution in [0.5, 0.6) is 0 Å². The molecule has 428 valence electrons. The molecule has 6 heterocycles. The fourth-order valence-corrected chi connectivity index (χ4v) is 11.9. The number of carbonyl (C=O) groups excluding carboxylic acids is 3. The first-order chi connectivity index (χ1) is 35.6. The van der Waals surface area contributed by atoms with Crippen molar-refractivity contribution < 1.29 is 71.7 Å². The van der Waals surface area contributed by atoms with Crippen LogP contribution in [0.1, 0.15) is 119 Å². The Kier molecular flexibility index (Phi) is 19.8. The van der Waals surface area contributed by atoms with Gasteiger partial charge in [-0.1, -0.05) is 34.6 Å². The highest BCUT2D eigenvalue weighted by Crippen LogP contribution is 2.44. The number of cyclic esters (lactones) is 1. The molecule has 0 aliphatic carbocycles. The Hall–Kier alpha value is -4.39. The molecule has 0 spiro atoms. The molecule has 2 aromatic rings. The Labute approximate surface area is 446 Å². The van der Waals surface area contributed by atoms with Crippen LogP contribution < -0.4 is 16.1 Å². The molecule has 2 aromatic heterocycles. The summed E-state index contributed by atoms with van der Waals surface area (Å²) in [6.45, 7) is 22.6. The van der Waals surface area contributed by atoms with E-state index >= 15 is 4.39 Å². The number of aliphatic hydroxyl groups excluding tert-OH is 1. The maximum Gasteiger partial charge on any atom is 0.408 e. The number of ether oxygens (including phenoxy) is 8. The first kappa shape index (κ1) is 60.8. The number of aliphatic hydroxyl groups is 1. The highest BCUT2D eigenvalue weighted by molar-refractivity contribution is 5.93. The number of nitrogens with zero attached hydrogens (tertiary/aromatic N) is 4. The molecule has 4 fully saturated rings. The molecule has 0 unspecified atom stereocenters. The molecule has 22 heteroatoms. The Balaban J connectivity index is 1.17. The topological polar surface area (TPSA) is 248 Å². The van der Waals surface area contributed by atoms with E-state index in [0.29, 0.717) is 52.0 Å². The minimum absolute atomic E-state index is 0.0424. The molecule has 0 bridgehead atoms. The predicted octanol–water partition coefficient (Wildman–Crippen LogP) is 5.21. The number of carboxylic acids is 1. The number of anilines is 1. The van der Waals surface area contributed by atoms with Crippen molar-refractivity contribution in [2.24, 2.45) is 23.2 Å². The number of likely N-dealkylation sites (N-methyl/N-ethyl adjacent to an activating group) is 2. The standard InChI is InChI=1S/C54H85FN6O15/c1-16-37-54(11)43(57-51(68)76-54)39(62)28(3)25-53(10,69-15)44(75-50-41(64)36(59(12)13)23-29(4)71-50)30(5)42(31(6)49(67)73-37)74-38-26-52(8,9)45(32(7)72-38)70-22-18-20-60(14)21-19-56-46-35(55)24-33-40(63)34(48(65)66)27-61(17-2)47(33)58-46/h24,27-32,36-38,41-45,50,64H,16-23,25-26H2,1-15H3,(H,56,58)(H,57,68)(H,65,66)/t28-,29-,30+,31-,32+,36+,37-,38+,41-,42+,43-,44-,45+,50+,53-,54-/m1/s1. The lowest BCUT2D eigenvalue weighted by Gasteiger charge is -2.49. The molecule has 0 aromatic carbocycles. The summed E-state index contributed by atoms with van der Waals surface area (Å²) in [7, 11) is 7.23. The summed E-state index contributed by atoms with van der Waals surface area (Å²) in [5, 5.41) is 26.9. The highest BCUT2D eigenvalue weighted by atomic mass is 19.1. The van der Waals surface area contributed by atoms with Crippen LogP contribution in [0.25, 0.3) is 11.0 Å². The Morgan fingerprint density at radius 1 is 1.00 bits per heavy atom. The number of pyridine rings is 2. The predicted molar refractivity (Wildman–Crippen MR) is 278 cm³/mol. The summed E-state index contributed by atoms with van der Waals surface area (Å²) >= 11 is 0. The van der Waals surface area contributed by atoms with Crippen LogP contribution in [0.15, 0.2) is 17.1 Å². The number of halogens is 1. The summed E-state index contributed by atoms with van der Waals surface area (Å²) in [5.41, 5.74) is -4.36. The van der Waals surface area contributed by atoms with Gasteiger partial charge in [0, 0.05) is 70.4 Å². The number of hydrogen-bond donors (Lipinski definition) is 4. The van der Waals surface area contributed by atoms with E-state index in [0.717, 1.165) is 6.07 Å². The van der Waals surface area contributed by atoms with Gasteiger partial charge < -0.3 is 73.1 Å². The van der Waals surface area contributed by atoms with Crippen molar-refractivity contribution >= 4 is 40.7 Å². The lowest BCUT2D eigenvalue weighted by molar-refractivity contribution is -0.315. The van der Waals surface area contributed by atoms with Gasteiger partial charge in [-0.15, -0.1) is 0 Å². The largest absolute Gasteiger partial charge is 0.477 e. The van der Waals surface area contributed by atoms with E-state index in [4.69, 9.17) is 37.9 Å². The van der Waals surface area contributed by atoms with Gasteiger partial charge in [0.15, 0.2) is 35.6 Å². The van der Waals surface area contributed by atoms with Gasteiger partial charge in [-0.3, -0.25) is 14.4 Å². The number of aromatic nitrogens is 2. The van der Waals surface area contributed by atoms with Gasteiger partial charge in [-0.25, -0.2) is 19.0 Å². The van der Waals surface area contributed by atoms with Crippen LogP contribution in [0.3, 0.4) is 0 Å². The van der Waals surface area contributed by atoms with Crippen LogP contribution in [0.2, 0.25) is 0 Å². The van der Waals surface area contributed by atoms with E-state index in [2.05, 4.69) is 34.4 Å². The van der Waals surface area contributed by atoms with Gasteiger partial charge in [0.2, 0.25) is 5.43 Å². The van der Waals surface area contributed by atoms with Crippen LogP contribution in [0, 0.1) is 29.0 Å². The smallest absolute Gasteiger partial charge is 0.408 e. The summed E-state index contributed by atoms with van der Waals surface area (Å²) in [4.78, 5) is 74.8. The second kappa shape index (κ2) is 24.7. The molecular formula is C54H85FN6O15. The molecule has 4 N–H and O–H groups in total. The Morgan fingerprint density at radius 2 is 1.70 bits per heavy atom. The fourth-order valence-electron chi connectivity index (χ4n) is 11.9. The third-order valence-electron chi connectivity index (χ3n) is 16.3. The number of alkyl carbamates (subject to hydrolysis) is 1. The van der Waals surface area contributed by atoms with E-state index in [1.54, 1.807) is 34.6 Å². The number of Topliss-reactive ketones (excluding diaryl/α,β-unsaturated/α-hetero) is 1. The number of fused-ring (bicyclic) bond motifs is 2. The summed E-state index contributed by atoms with van der Waals surface area (Å²) < 4.78 is 68.7. The van der Waals surface area contributed by atoms with E-state index in [1.165, 1.54) is 17.9 Å². The number of hydrogen-bond acceptors (Lipinski definition) is 18. The molecule has 1 amide bonds. The number of carboxylic acid groups (broad SMARTS) is 1. The van der Waals surface area contributed by atoms with Crippen LogP contribution in [-0.2, 0) is 54.0 Å². The maximum atomic E-state index is 15.2. The zero-order valence-electron chi connectivity index (χ0n) is 47.2. The normalized spacial score (nSPS) is 35.4. The SMILES string of the molecule is CC[C@H]1OC(=O)[C@H](C)[C@@H](O[C@H]2CC(C)(C)[C@@H](OCCCN(C)CCNc3nc4c(cc3F)c(=O)c(C(=O)O)cn4CC)[C@H](C)O2)[C@H](C)[C@@H](O[C@@H]2O[C@H](C)C[C@H](N(C)C)[C@H]2O)[C@](C)(OC)C[C@@H](C)C(=O)[C@H]2NC(=O)O[C@@]21C. The highest BCUT2D eigenvalue weighted by Gasteiger charge is 2.58. The lowest BCUT2D eigenvalue weighted by Crippen LogP contribution is -2.60. The number of carbonyl (C=O) groups is 4. The number of esters is 1. The molecule has 4 aliphatic rings. The van der Waals surface area contributed by atoms with Gasteiger partial charge in [-0.2, -0.15) is 0 Å². The van der Waals surface area contributed by atoms with Crippen molar-refractivity contribution in [3.8, 4) is 0 Å². The van der Waals surface area contributed by atoms with Gasteiger partial charge in [0.05, 0.1) is 47.4 Å². The van der Waals surface area contributed by atoms with Gasteiger partial charge in [0.1, 0.15) is 29.5 Å². The van der Waals surface area contributed by atoms with Crippen molar-refractivity contribution in [1.29, 1.82) is 0 Å². The first-order valence-corrected chi connectivity index (χ1v) is 26.9. The zero-order chi connectivity index (χ0) is 56.4. The summed E-state index contributed by atoms with van der Waals surface area (Å²) in [5.74, 6) is -5.60. The number of amides is 1. The molecule has 21 nitrogen and oxygen atoms in total. The van der Waals surface area contributed by atoms with Crippen molar-refractivity contribution in [3.05, 3.63) is 33.9 Å². The number of aryl methyl sites for hydroxylation is 1. The van der Waals surface area contributed by atoms with Crippen LogP contribution >= 0.6 is 0 Å². The second-order valence-electron chi connectivity index (χ2n) is 22.9. The average molecular weight is 1080 g/mol. The summed E-state index contributed by atoms with van der Waals surface area (Å²) in [6, 6.07) is -0.424. The molecule has 4 saturated heterocycles. The second-order valence-corrected chi connectivity index (χ2v) is 22.9. The maximum absolute atomic E-state index is 15.2. The summed E-state index contributed by atoms with van der Waals surface area (Å²) in [6.07, 6.45) is -4.74. The quantitative estimate of drug-likeness (QED) is 0.111. The molecule has 0 radical (unpaired) electrons. The molecular weight excluding hydrogens is 992 g/mol. The molecule has 16 atom stereocenters. The number of rotatable bonds is 18. The number of aromatic carboxylic acids is 1. The van der Waals surface area contributed by atoms with Gasteiger partial charge in [-0.05, 0) is 99.9 Å². The molecule has 6 rings (SSSR count). The molecule has 76 heavy (non-hydrogen) atoms. The van der Waals surface area contributed by atoms with Crippen molar-refractivity contribution in [2.45, 2.75) is 193 Å². The Morgan fingerprint density at radius 3 is 2.32 bits per heavy atom. The number of methoxy groups -OCH3 is 1. The third kappa shape index (κ3) is 13.0. The van der Waals surface area contributed by atoms with E-state index in [1.807, 2.05) is 53.7 Å². The van der Waals surface area contributed by atoms with E-state index in [-0.39, 0.29) is 53.7 Å². The van der Waals surface area contributed by atoms with Crippen molar-refractivity contribution in [2.75, 3.05) is 59.8 Å². The van der Waals surface area contributed by atoms with Crippen molar-refractivity contribution in [1.82, 2.24) is 24.7 Å². The fraction of sp³-hybridized carbons (Fsp3) is 0.778. The lowest BCUT2D eigenvalue weighted by atomic mass is 9.75. The number of ketones is 1. The molecule has 0 saturated carbocycles.